The zero-order valence-electron chi connectivity index (χ0n) is 10.4. The van der Waals surface area contributed by atoms with Gasteiger partial charge in [0, 0.05) is 18.0 Å². The van der Waals surface area contributed by atoms with Crippen molar-refractivity contribution in [1.29, 1.82) is 0 Å². The lowest BCUT2D eigenvalue weighted by Crippen LogP contribution is -2.22. The molecular formula is C14H15NO3. The molecule has 1 aromatic heterocycles. The van der Waals surface area contributed by atoms with Crippen molar-refractivity contribution in [3.63, 3.8) is 0 Å². The van der Waals surface area contributed by atoms with Crippen LogP contribution in [-0.2, 0) is 11.3 Å². The Morgan fingerprint density at radius 1 is 1.28 bits per heavy atom. The standard InChI is InChI=1S/C14H15NO3/c1-9-4-3-5-11-10(2)8-12(16)15(14(9)11)7-6-13(17)18/h3-5,8H,6-7H2,1-2H3,(H,17,18). The van der Waals surface area contributed by atoms with E-state index in [9.17, 15) is 9.59 Å². The summed E-state index contributed by atoms with van der Waals surface area (Å²) in [6.07, 6.45) is -0.0492. The molecule has 0 aliphatic rings. The minimum Gasteiger partial charge on any atom is -0.481 e. The second-order valence-electron chi connectivity index (χ2n) is 4.43. The first-order chi connectivity index (χ1) is 8.50. The Morgan fingerprint density at radius 3 is 2.67 bits per heavy atom. The van der Waals surface area contributed by atoms with Crippen molar-refractivity contribution < 1.29 is 9.90 Å². The summed E-state index contributed by atoms with van der Waals surface area (Å²) in [6, 6.07) is 7.38. The van der Waals surface area contributed by atoms with Gasteiger partial charge in [0.1, 0.15) is 0 Å². The second kappa shape index (κ2) is 4.64. The maximum absolute atomic E-state index is 12.0. The van der Waals surface area contributed by atoms with Gasteiger partial charge in [-0.15, -0.1) is 0 Å². The van der Waals surface area contributed by atoms with E-state index in [1.54, 1.807) is 10.6 Å². The summed E-state index contributed by atoms with van der Waals surface area (Å²) < 4.78 is 1.55. The fourth-order valence-electron chi connectivity index (χ4n) is 2.22. The van der Waals surface area contributed by atoms with Gasteiger partial charge in [-0.1, -0.05) is 18.2 Å². The molecule has 0 radical (unpaired) electrons. The number of nitrogens with zero attached hydrogens (tertiary/aromatic N) is 1. The van der Waals surface area contributed by atoms with Gasteiger partial charge in [0.25, 0.3) is 5.56 Å². The predicted molar refractivity (Wildman–Crippen MR) is 69.9 cm³/mol. The van der Waals surface area contributed by atoms with E-state index in [-0.39, 0.29) is 18.5 Å². The van der Waals surface area contributed by atoms with Crippen LogP contribution in [0, 0.1) is 13.8 Å². The number of para-hydroxylation sites is 1. The number of aryl methyl sites for hydroxylation is 3. The average molecular weight is 245 g/mol. The quantitative estimate of drug-likeness (QED) is 0.900. The Hall–Kier alpha value is -2.10. The maximum Gasteiger partial charge on any atom is 0.305 e. The van der Waals surface area contributed by atoms with Crippen LogP contribution in [0.1, 0.15) is 17.5 Å². The normalized spacial score (nSPS) is 10.8. The summed E-state index contributed by atoms with van der Waals surface area (Å²) in [5.74, 6) is -0.899. The molecule has 0 amide bonds. The lowest BCUT2D eigenvalue weighted by Gasteiger charge is -2.13. The molecule has 0 fully saturated rings. The molecule has 1 aromatic carbocycles. The summed E-state index contributed by atoms with van der Waals surface area (Å²) in [6.45, 7) is 4.03. The van der Waals surface area contributed by atoms with Gasteiger partial charge in [0.2, 0.25) is 0 Å². The van der Waals surface area contributed by atoms with Crippen LogP contribution in [0.4, 0.5) is 0 Å². The molecule has 0 saturated carbocycles. The number of carbonyl (C=O) groups is 1. The number of hydrogen-bond acceptors (Lipinski definition) is 2. The fourth-order valence-corrected chi connectivity index (χ4v) is 2.22. The number of pyridine rings is 1. The maximum atomic E-state index is 12.0. The number of benzene rings is 1. The fraction of sp³-hybridized carbons (Fsp3) is 0.286. The molecule has 4 heteroatoms. The molecule has 18 heavy (non-hydrogen) atoms. The second-order valence-corrected chi connectivity index (χ2v) is 4.43. The van der Waals surface area contributed by atoms with Crippen molar-refractivity contribution >= 4 is 16.9 Å². The van der Waals surface area contributed by atoms with Gasteiger partial charge < -0.3 is 9.67 Å². The molecule has 0 bridgehead atoms. The SMILES string of the molecule is Cc1cc(=O)n(CCC(=O)O)c2c(C)cccc12. The number of carboxylic acids is 1. The van der Waals surface area contributed by atoms with Crippen LogP contribution in [0.25, 0.3) is 10.9 Å². The average Bonchev–Trinajstić information content (AvgIpc) is 2.29. The van der Waals surface area contributed by atoms with E-state index in [1.165, 1.54) is 0 Å². The van der Waals surface area contributed by atoms with Crippen molar-refractivity contribution in [2.45, 2.75) is 26.8 Å². The van der Waals surface area contributed by atoms with E-state index in [1.807, 2.05) is 32.0 Å². The van der Waals surface area contributed by atoms with E-state index < -0.39 is 5.97 Å². The predicted octanol–water partition coefficient (Wildman–Crippen LogP) is 2.09. The van der Waals surface area contributed by atoms with Crippen molar-refractivity contribution in [3.05, 3.63) is 45.7 Å². The number of carboxylic acid groups (broad SMARTS) is 1. The molecule has 0 aliphatic heterocycles. The molecular weight excluding hydrogens is 230 g/mol. The molecule has 94 valence electrons. The lowest BCUT2D eigenvalue weighted by atomic mass is 10.1. The van der Waals surface area contributed by atoms with Crippen molar-refractivity contribution in [2.75, 3.05) is 0 Å². The molecule has 2 aromatic rings. The van der Waals surface area contributed by atoms with E-state index in [4.69, 9.17) is 5.11 Å². The molecule has 1 N–H and O–H groups in total. The third-order valence-corrected chi connectivity index (χ3v) is 3.09. The van der Waals surface area contributed by atoms with Crippen molar-refractivity contribution in [2.24, 2.45) is 0 Å². The largest absolute Gasteiger partial charge is 0.481 e. The highest BCUT2D eigenvalue weighted by Gasteiger charge is 2.09. The molecule has 0 aliphatic carbocycles. The van der Waals surface area contributed by atoms with Gasteiger partial charge >= 0.3 is 5.97 Å². The first kappa shape index (κ1) is 12.4. The number of fused-ring (bicyclic) bond motifs is 1. The molecule has 1 heterocycles. The van der Waals surface area contributed by atoms with E-state index in [2.05, 4.69) is 0 Å². The highest BCUT2D eigenvalue weighted by Crippen LogP contribution is 2.20. The van der Waals surface area contributed by atoms with Gasteiger partial charge in [0.05, 0.1) is 11.9 Å². The minimum absolute atomic E-state index is 0.0492. The third kappa shape index (κ3) is 2.14. The summed E-state index contributed by atoms with van der Waals surface area (Å²) in [5.41, 5.74) is 2.60. The molecule has 0 saturated heterocycles. The zero-order chi connectivity index (χ0) is 13.3. The van der Waals surface area contributed by atoms with Crippen molar-refractivity contribution in [3.8, 4) is 0 Å². The monoisotopic (exact) mass is 245 g/mol. The molecule has 2 rings (SSSR count). The highest BCUT2D eigenvalue weighted by atomic mass is 16.4. The van der Waals surface area contributed by atoms with Crippen LogP contribution in [0.15, 0.2) is 29.1 Å². The van der Waals surface area contributed by atoms with E-state index in [0.717, 1.165) is 22.0 Å². The van der Waals surface area contributed by atoms with Gasteiger partial charge in [-0.2, -0.15) is 0 Å². The first-order valence-electron chi connectivity index (χ1n) is 5.82. The number of aromatic nitrogens is 1. The smallest absolute Gasteiger partial charge is 0.305 e. The van der Waals surface area contributed by atoms with Crippen LogP contribution < -0.4 is 5.56 Å². The summed E-state index contributed by atoms with van der Waals surface area (Å²) >= 11 is 0. The first-order valence-corrected chi connectivity index (χ1v) is 5.82. The Balaban J connectivity index is 2.71. The minimum atomic E-state index is -0.899. The molecule has 0 unspecified atom stereocenters. The van der Waals surface area contributed by atoms with E-state index in [0.29, 0.717) is 0 Å². The summed E-state index contributed by atoms with van der Waals surface area (Å²) in [4.78, 5) is 22.6. The van der Waals surface area contributed by atoms with Gasteiger partial charge in [-0.25, -0.2) is 0 Å². The van der Waals surface area contributed by atoms with Crippen LogP contribution in [-0.4, -0.2) is 15.6 Å². The molecule has 0 atom stereocenters. The molecule has 4 nitrogen and oxygen atoms in total. The highest BCUT2D eigenvalue weighted by molar-refractivity contribution is 5.85. The molecule has 0 spiro atoms. The number of rotatable bonds is 3. The van der Waals surface area contributed by atoms with Crippen molar-refractivity contribution in [1.82, 2.24) is 4.57 Å². The van der Waals surface area contributed by atoms with Crippen LogP contribution in [0.2, 0.25) is 0 Å². The third-order valence-electron chi connectivity index (χ3n) is 3.09. The Bertz CT molecular complexity index is 671. The van der Waals surface area contributed by atoms with Gasteiger partial charge in [-0.05, 0) is 25.0 Å². The van der Waals surface area contributed by atoms with E-state index >= 15 is 0 Å². The van der Waals surface area contributed by atoms with Crippen LogP contribution in [0.5, 0.6) is 0 Å². The number of aliphatic carboxylic acids is 1. The Labute approximate surface area is 104 Å². The van der Waals surface area contributed by atoms with Crippen LogP contribution in [0.3, 0.4) is 0 Å². The van der Waals surface area contributed by atoms with Gasteiger partial charge in [0.15, 0.2) is 0 Å². The van der Waals surface area contributed by atoms with Gasteiger partial charge in [-0.3, -0.25) is 9.59 Å². The Morgan fingerprint density at radius 2 is 2.00 bits per heavy atom. The lowest BCUT2D eigenvalue weighted by molar-refractivity contribution is -0.137. The summed E-state index contributed by atoms with van der Waals surface area (Å²) in [7, 11) is 0. The Kier molecular flexibility index (Phi) is 3.19. The number of hydrogen-bond donors (Lipinski definition) is 1. The zero-order valence-corrected chi connectivity index (χ0v) is 10.4. The summed E-state index contributed by atoms with van der Waals surface area (Å²) in [5, 5.41) is 9.75. The topological polar surface area (TPSA) is 59.3 Å². The van der Waals surface area contributed by atoms with Crippen LogP contribution >= 0.6 is 0 Å².